The molecule has 92 valence electrons. The molecule has 1 heteroatoms. The molecule has 0 radical (unpaired) electrons. The molecule has 0 aromatic rings. The topological polar surface area (TPSA) is 9.23 Å². The molecule has 1 fully saturated rings. The minimum atomic E-state index is 0.0663. The summed E-state index contributed by atoms with van der Waals surface area (Å²) in [4.78, 5) is 0. The van der Waals surface area contributed by atoms with Crippen LogP contribution in [0.4, 0.5) is 0 Å². The average Bonchev–Trinajstić information content (AvgIpc) is 2.16. The van der Waals surface area contributed by atoms with E-state index >= 15 is 0 Å². The minimum Gasteiger partial charge on any atom is -0.488 e. The van der Waals surface area contributed by atoms with Crippen molar-refractivity contribution in [2.45, 2.75) is 72.3 Å². The molecule has 16 heavy (non-hydrogen) atoms. The molecular weight excluding hydrogens is 196 g/mol. The largest absolute Gasteiger partial charge is 0.488 e. The third kappa shape index (κ3) is 4.03. The second kappa shape index (κ2) is 5.56. The first-order valence-corrected chi connectivity index (χ1v) is 6.44. The lowest BCUT2D eigenvalue weighted by Gasteiger charge is -2.35. The van der Waals surface area contributed by atoms with Crippen molar-refractivity contribution in [2.75, 3.05) is 0 Å². The summed E-state index contributed by atoms with van der Waals surface area (Å²) in [6.45, 7) is 10.8. The van der Waals surface area contributed by atoms with Gasteiger partial charge in [-0.2, -0.15) is 0 Å². The van der Waals surface area contributed by atoms with Crippen LogP contribution in [0.1, 0.15) is 66.7 Å². The molecule has 0 aromatic heterocycles. The zero-order valence-corrected chi connectivity index (χ0v) is 11.5. The van der Waals surface area contributed by atoms with Crippen molar-refractivity contribution in [1.29, 1.82) is 0 Å². The standard InChI is InChI=1S/C15H26O/c1-12(2)11-14(13(3)4)16-15(5)9-7-6-8-10-15/h11H,6-10H2,1-5H3. The zero-order valence-electron chi connectivity index (χ0n) is 11.5. The molecule has 0 unspecified atom stereocenters. The molecule has 1 rings (SSSR count). The molecule has 0 aromatic carbocycles. The molecule has 0 heterocycles. The van der Waals surface area contributed by atoms with Crippen LogP contribution < -0.4 is 0 Å². The van der Waals surface area contributed by atoms with Gasteiger partial charge in [-0.05, 0) is 72.0 Å². The van der Waals surface area contributed by atoms with Gasteiger partial charge in [0, 0.05) is 0 Å². The Labute approximate surface area is 101 Å². The summed E-state index contributed by atoms with van der Waals surface area (Å²) in [7, 11) is 0. The minimum absolute atomic E-state index is 0.0663. The highest BCUT2D eigenvalue weighted by Crippen LogP contribution is 2.34. The van der Waals surface area contributed by atoms with E-state index in [1.165, 1.54) is 43.3 Å². The number of ether oxygens (including phenoxy) is 1. The summed E-state index contributed by atoms with van der Waals surface area (Å²) in [5, 5.41) is 0. The van der Waals surface area contributed by atoms with E-state index in [0.717, 1.165) is 5.76 Å². The number of allylic oxidation sites excluding steroid dienone is 3. The molecule has 1 nitrogen and oxygen atoms in total. The first-order valence-electron chi connectivity index (χ1n) is 6.44. The molecule has 0 saturated heterocycles. The van der Waals surface area contributed by atoms with Gasteiger partial charge in [-0.1, -0.05) is 12.0 Å². The van der Waals surface area contributed by atoms with Gasteiger partial charge >= 0.3 is 0 Å². The van der Waals surface area contributed by atoms with Gasteiger partial charge in [0.05, 0.1) is 0 Å². The molecule has 0 aliphatic heterocycles. The maximum Gasteiger partial charge on any atom is 0.118 e. The van der Waals surface area contributed by atoms with Gasteiger partial charge in [-0.25, -0.2) is 0 Å². The van der Waals surface area contributed by atoms with Gasteiger partial charge in [0.25, 0.3) is 0 Å². The number of hydrogen-bond donors (Lipinski definition) is 0. The molecule has 0 spiro atoms. The monoisotopic (exact) mass is 222 g/mol. The average molecular weight is 222 g/mol. The lowest BCUT2D eigenvalue weighted by molar-refractivity contribution is -0.00822. The SMILES string of the molecule is CC(C)=CC(OC1(C)CCCCC1)=C(C)C. The van der Waals surface area contributed by atoms with Crippen LogP contribution >= 0.6 is 0 Å². The summed E-state index contributed by atoms with van der Waals surface area (Å²) >= 11 is 0. The molecule has 0 N–H and O–H groups in total. The van der Waals surface area contributed by atoms with E-state index in [0.29, 0.717) is 0 Å². The predicted molar refractivity (Wildman–Crippen MR) is 70.4 cm³/mol. The van der Waals surface area contributed by atoms with E-state index in [2.05, 4.69) is 40.7 Å². The number of hydrogen-bond acceptors (Lipinski definition) is 1. The molecule has 0 bridgehead atoms. The van der Waals surface area contributed by atoms with Gasteiger partial charge in [-0.15, -0.1) is 0 Å². The molecular formula is C15H26O. The Bertz CT molecular complexity index is 283. The summed E-state index contributed by atoms with van der Waals surface area (Å²) in [6.07, 6.45) is 8.53. The fourth-order valence-corrected chi connectivity index (χ4v) is 2.21. The molecule has 1 saturated carbocycles. The molecule has 1 aliphatic rings. The summed E-state index contributed by atoms with van der Waals surface area (Å²) < 4.78 is 6.25. The quantitative estimate of drug-likeness (QED) is 0.483. The third-order valence-electron chi connectivity index (χ3n) is 3.18. The fraction of sp³-hybridized carbons (Fsp3) is 0.733. The summed E-state index contributed by atoms with van der Waals surface area (Å²) in [5.74, 6) is 1.07. The van der Waals surface area contributed by atoms with E-state index in [-0.39, 0.29) is 5.60 Å². The third-order valence-corrected chi connectivity index (χ3v) is 3.18. The maximum atomic E-state index is 6.25. The van der Waals surface area contributed by atoms with Gasteiger partial charge in [-0.3, -0.25) is 0 Å². The Hall–Kier alpha value is -0.720. The summed E-state index contributed by atoms with van der Waals surface area (Å²) in [6, 6.07) is 0. The molecule has 0 amide bonds. The van der Waals surface area contributed by atoms with Crippen LogP contribution in [-0.4, -0.2) is 5.60 Å². The van der Waals surface area contributed by atoms with E-state index in [1.807, 2.05) is 0 Å². The van der Waals surface area contributed by atoms with E-state index < -0.39 is 0 Å². The van der Waals surface area contributed by atoms with Gasteiger partial charge in [0.15, 0.2) is 0 Å². The highest BCUT2D eigenvalue weighted by atomic mass is 16.5. The van der Waals surface area contributed by atoms with Crippen LogP contribution in [-0.2, 0) is 4.74 Å². The molecule has 0 atom stereocenters. The zero-order chi connectivity index (χ0) is 12.2. The summed E-state index contributed by atoms with van der Waals surface area (Å²) in [5.41, 5.74) is 2.64. The van der Waals surface area contributed by atoms with Crippen molar-refractivity contribution in [3.05, 3.63) is 23.0 Å². The first-order chi connectivity index (χ1) is 7.43. The van der Waals surface area contributed by atoms with Crippen molar-refractivity contribution in [1.82, 2.24) is 0 Å². The Morgan fingerprint density at radius 1 is 1.00 bits per heavy atom. The van der Waals surface area contributed by atoms with Gasteiger partial charge in [0.1, 0.15) is 11.4 Å². The van der Waals surface area contributed by atoms with Gasteiger partial charge in [0.2, 0.25) is 0 Å². The van der Waals surface area contributed by atoms with E-state index in [4.69, 9.17) is 4.74 Å². The maximum absolute atomic E-state index is 6.25. The fourth-order valence-electron chi connectivity index (χ4n) is 2.21. The Balaban J connectivity index is 2.76. The van der Waals surface area contributed by atoms with Crippen LogP contribution in [0.2, 0.25) is 0 Å². The van der Waals surface area contributed by atoms with Crippen molar-refractivity contribution >= 4 is 0 Å². The van der Waals surface area contributed by atoms with E-state index in [1.54, 1.807) is 0 Å². The highest BCUT2D eigenvalue weighted by Gasteiger charge is 2.29. The normalized spacial score (nSPS) is 18.8. The van der Waals surface area contributed by atoms with Crippen molar-refractivity contribution in [3.63, 3.8) is 0 Å². The highest BCUT2D eigenvalue weighted by molar-refractivity contribution is 5.21. The Morgan fingerprint density at radius 2 is 1.56 bits per heavy atom. The van der Waals surface area contributed by atoms with Crippen molar-refractivity contribution in [3.8, 4) is 0 Å². The Kier molecular flexibility index (Phi) is 4.64. The van der Waals surface area contributed by atoms with Crippen molar-refractivity contribution < 1.29 is 4.74 Å². The van der Waals surface area contributed by atoms with Crippen LogP contribution in [0.3, 0.4) is 0 Å². The molecule has 1 aliphatic carbocycles. The van der Waals surface area contributed by atoms with Crippen molar-refractivity contribution in [2.24, 2.45) is 0 Å². The second-order valence-electron chi connectivity index (χ2n) is 5.70. The predicted octanol–water partition coefficient (Wildman–Crippen LogP) is 4.99. The smallest absolute Gasteiger partial charge is 0.118 e. The van der Waals surface area contributed by atoms with Crippen LogP contribution in [0.5, 0.6) is 0 Å². The number of rotatable bonds is 3. The lowest BCUT2D eigenvalue weighted by Crippen LogP contribution is -2.31. The first kappa shape index (κ1) is 13.3. The van der Waals surface area contributed by atoms with Crippen LogP contribution in [0, 0.1) is 0 Å². The van der Waals surface area contributed by atoms with Gasteiger partial charge < -0.3 is 4.74 Å². The van der Waals surface area contributed by atoms with Crippen LogP contribution in [0.25, 0.3) is 0 Å². The van der Waals surface area contributed by atoms with Crippen LogP contribution in [0.15, 0.2) is 23.0 Å². The lowest BCUT2D eigenvalue weighted by atomic mass is 9.86. The van der Waals surface area contributed by atoms with E-state index in [9.17, 15) is 0 Å². The second-order valence-corrected chi connectivity index (χ2v) is 5.70. The Morgan fingerprint density at radius 3 is 2.00 bits per heavy atom.